The van der Waals surface area contributed by atoms with Crippen molar-refractivity contribution in [3.8, 4) is 0 Å². The Bertz CT molecular complexity index is 1140. The lowest BCUT2D eigenvalue weighted by molar-refractivity contribution is -0.140. The summed E-state index contributed by atoms with van der Waals surface area (Å²) in [4.78, 5) is 31.4. The number of likely N-dealkylation sites (tertiary alicyclic amines) is 1. The first kappa shape index (κ1) is 20.1. The lowest BCUT2D eigenvalue weighted by Gasteiger charge is -2.26. The zero-order valence-corrected chi connectivity index (χ0v) is 17.1. The van der Waals surface area contributed by atoms with E-state index in [2.05, 4.69) is 4.98 Å². The molecule has 1 amide bonds. The van der Waals surface area contributed by atoms with Gasteiger partial charge in [-0.3, -0.25) is 14.6 Å². The van der Waals surface area contributed by atoms with Gasteiger partial charge >= 0.3 is 0 Å². The quantitative estimate of drug-likeness (QED) is 0.353. The highest BCUT2D eigenvalue weighted by atomic mass is 35.5. The molecule has 150 valence electrons. The van der Waals surface area contributed by atoms with Crippen LogP contribution in [-0.2, 0) is 16.1 Å². The summed E-state index contributed by atoms with van der Waals surface area (Å²) in [5.74, 6) is -1.75. The number of aliphatic hydroxyl groups is 1. The Morgan fingerprint density at radius 3 is 2.40 bits per heavy atom. The number of ketones is 1. The summed E-state index contributed by atoms with van der Waals surface area (Å²) in [7, 11) is 0. The number of hydrogen-bond acceptors (Lipinski definition) is 4. The molecule has 2 aromatic carbocycles. The van der Waals surface area contributed by atoms with Gasteiger partial charge in [-0.05, 0) is 47.5 Å². The fourth-order valence-electron chi connectivity index (χ4n) is 3.51. The van der Waals surface area contributed by atoms with E-state index in [0.717, 1.165) is 5.56 Å². The molecular formula is C23H16Cl2N2O3. The van der Waals surface area contributed by atoms with Gasteiger partial charge in [0, 0.05) is 34.5 Å². The van der Waals surface area contributed by atoms with Gasteiger partial charge in [0.05, 0.1) is 11.6 Å². The van der Waals surface area contributed by atoms with E-state index in [4.69, 9.17) is 23.2 Å². The monoisotopic (exact) mass is 438 g/mol. The molecule has 5 nitrogen and oxygen atoms in total. The Kier molecular flexibility index (Phi) is 5.57. The number of aliphatic hydroxyl groups excluding tert-OH is 1. The molecule has 0 spiro atoms. The fraction of sp³-hybridized carbons (Fsp3) is 0.0870. The predicted octanol–water partition coefficient (Wildman–Crippen LogP) is 5.01. The van der Waals surface area contributed by atoms with Crippen LogP contribution in [0.2, 0.25) is 10.0 Å². The van der Waals surface area contributed by atoms with Crippen molar-refractivity contribution in [1.82, 2.24) is 9.88 Å². The number of carbonyl (C=O) groups is 2. The molecule has 0 radical (unpaired) electrons. The van der Waals surface area contributed by atoms with Crippen molar-refractivity contribution >= 4 is 40.7 Å². The maximum atomic E-state index is 13.0. The van der Waals surface area contributed by atoms with Crippen molar-refractivity contribution in [2.75, 3.05) is 0 Å². The van der Waals surface area contributed by atoms with Crippen LogP contribution in [0.4, 0.5) is 0 Å². The first-order valence-corrected chi connectivity index (χ1v) is 9.90. The van der Waals surface area contributed by atoms with Crippen LogP contribution in [0.1, 0.15) is 22.7 Å². The van der Waals surface area contributed by atoms with E-state index in [1.54, 1.807) is 67.0 Å². The van der Waals surface area contributed by atoms with E-state index in [9.17, 15) is 14.7 Å². The number of rotatable bonds is 4. The molecule has 3 aromatic rings. The third kappa shape index (κ3) is 3.70. The lowest BCUT2D eigenvalue weighted by Crippen LogP contribution is -2.29. The molecule has 1 aliphatic heterocycles. The highest BCUT2D eigenvalue weighted by molar-refractivity contribution is 6.47. The van der Waals surface area contributed by atoms with E-state index in [-0.39, 0.29) is 17.9 Å². The van der Waals surface area contributed by atoms with Gasteiger partial charge in [-0.25, -0.2) is 0 Å². The van der Waals surface area contributed by atoms with Crippen LogP contribution in [-0.4, -0.2) is 26.7 Å². The van der Waals surface area contributed by atoms with Gasteiger partial charge in [-0.1, -0.05) is 47.5 Å². The molecule has 1 aliphatic rings. The fourth-order valence-corrected chi connectivity index (χ4v) is 3.88. The molecule has 1 saturated heterocycles. The molecule has 1 N–H and O–H groups in total. The predicted molar refractivity (Wildman–Crippen MR) is 115 cm³/mol. The summed E-state index contributed by atoms with van der Waals surface area (Å²) < 4.78 is 0. The number of nitrogens with zero attached hydrogens (tertiary/aromatic N) is 2. The molecule has 1 atom stereocenters. The molecule has 2 heterocycles. The molecule has 0 aliphatic carbocycles. The van der Waals surface area contributed by atoms with Gasteiger partial charge in [-0.15, -0.1) is 0 Å². The van der Waals surface area contributed by atoms with Gasteiger partial charge in [0.2, 0.25) is 0 Å². The standard InChI is InChI=1S/C23H16Cl2N2O3/c24-16-9-7-15(8-10-16)21(28)19-20(17-5-1-2-6-18(17)25)27(23(30)22(19)29)13-14-4-3-11-26-12-14/h1-12,20,28H,13H2/b21-19+. The number of amides is 1. The van der Waals surface area contributed by atoms with Crippen molar-refractivity contribution in [2.45, 2.75) is 12.6 Å². The summed E-state index contributed by atoms with van der Waals surface area (Å²) in [6, 6.07) is 16.1. The summed E-state index contributed by atoms with van der Waals surface area (Å²) in [5, 5.41) is 11.9. The second-order valence-electron chi connectivity index (χ2n) is 6.82. The molecule has 0 bridgehead atoms. The van der Waals surface area contributed by atoms with Gasteiger partial charge in [0.25, 0.3) is 11.7 Å². The number of halogens is 2. The normalized spacial score (nSPS) is 18.1. The maximum absolute atomic E-state index is 13.0. The van der Waals surface area contributed by atoms with Gasteiger partial charge in [0.1, 0.15) is 5.76 Å². The van der Waals surface area contributed by atoms with Crippen LogP contribution in [0.25, 0.3) is 5.76 Å². The average Bonchev–Trinajstić information content (AvgIpc) is 3.00. The molecule has 1 aromatic heterocycles. The first-order valence-electron chi connectivity index (χ1n) is 9.15. The number of hydrogen-bond donors (Lipinski definition) is 1. The topological polar surface area (TPSA) is 70.5 Å². The minimum absolute atomic E-state index is 0.0145. The highest BCUT2D eigenvalue weighted by Gasteiger charge is 2.46. The summed E-state index contributed by atoms with van der Waals surface area (Å²) in [6.45, 7) is 0.145. The SMILES string of the molecule is O=C1C(=O)N(Cc2cccnc2)C(c2ccccc2Cl)/C1=C(\O)c1ccc(Cl)cc1. The van der Waals surface area contributed by atoms with Crippen LogP contribution in [0, 0.1) is 0 Å². The number of Topliss-reactive ketones (excluding diaryl/α,β-unsaturated/α-hetero) is 1. The van der Waals surface area contributed by atoms with Crippen molar-refractivity contribution in [3.05, 3.63) is 105 Å². The second-order valence-corrected chi connectivity index (χ2v) is 7.66. The van der Waals surface area contributed by atoms with Crippen molar-refractivity contribution in [1.29, 1.82) is 0 Å². The Morgan fingerprint density at radius 2 is 1.73 bits per heavy atom. The van der Waals surface area contributed by atoms with Crippen molar-refractivity contribution in [3.63, 3.8) is 0 Å². The van der Waals surface area contributed by atoms with E-state index in [1.807, 2.05) is 6.07 Å². The van der Waals surface area contributed by atoms with Crippen LogP contribution < -0.4 is 0 Å². The Labute approximate surface area is 183 Å². The van der Waals surface area contributed by atoms with Crippen LogP contribution in [0.3, 0.4) is 0 Å². The summed E-state index contributed by atoms with van der Waals surface area (Å²) in [6.07, 6.45) is 3.26. The minimum Gasteiger partial charge on any atom is -0.507 e. The zero-order chi connectivity index (χ0) is 21.3. The van der Waals surface area contributed by atoms with Crippen LogP contribution in [0.15, 0.2) is 78.6 Å². The lowest BCUT2D eigenvalue weighted by atomic mass is 9.95. The van der Waals surface area contributed by atoms with Gasteiger partial charge in [-0.2, -0.15) is 0 Å². The Balaban J connectivity index is 1.88. The van der Waals surface area contributed by atoms with Crippen LogP contribution in [0.5, 0.6) is 0 Å². The number of carbonyl (C=O) groups excluding carboxylic acids is 2. The molecule has 30 heavy (non-hydrogen) atoms. The van der Waals surface area contributed by atoms with Gasteiger partial charge < -0.3 is 10.0 Å². The first-order chi connectivity index (χ1) is 14.5. The molecule has 7 heteroatoms. The molecule has 1 fully saturated rings. The van der Waals surface area contributed by atoms with Crippen molar-refractivity contribution < 1.29 is 14.7 Å². The van der Waals surface area contributed by atoms with E-state index in [0.29, 0.717) is 21.2 Å². The molecular weight excluding hydrogens is 423 g/mol. The molecule has 1 unspecified atom stereocenters. The Hall–Kier alpha value is -3.15. The average molecular weight is 439 g/mol. The van der Waals surface area contributed by atoms with E-state index in [1.165, 1.54) is 4.90 Å². The number of aromatic nitrogens is 1. The second kappa shape index (κ2) is 8.30. The van der Waals surface area contributed by atoms with Gasteiger partial charge in [0.15, 0.2) is 0 Å². The summed E-state index contributed by atoms with van der Waals surface area (Å²) >= 11 is 12.4. The molecule has 0 saturated carbocycles. The number of benzene rings is 2. The molecule has 4 rings (SSSR count). The smallest absolute Gasteiger partial charge is 0.295 e. The van der Waals surface area contributed by atoms with Crippen molar-refractivity contribution in [2.24, 2.45) is 0 Å². The zero-order valence-electron chi connectivity index (χ0n) is 15.6. The third-order valence-corrected chi connectivity index (χ3v) is 5.53. The van der Waals surface area contributed by atoms with E-state index >= 15 is 0 Å². The largest absolute Gasteiger partial charge is 0.507 e. The maximum Gasteiger partial charge on any atom is 0.295 e. The summed E-state index contributed by atoms with van der Waals surface area (Å²) in [5.41, 5.74) is 1.68. The Morgan fingerprint density at radius 1 is 1.00 bits per heavy atom. The van der Waals surface area contributed by atoms with Crippen LogP contribution >= 0.6 is 23.2 Å². The number of pyridine rings is 1. The third-order valence-electron chi connectivity index (χ3n) is 4.93. The van der Waals surface area contributed by atoms with E-state index < -0.39 is 17.7 Å². The minimum atomic E-state index is -0.838. The highest BCUT2D eigenvalue weighted by Crippen LogP contribution is 2.42.